The predicted molar refractivity (Wildman–Crippen MR) is 76.1 cm³/mol. The quantitative estimate of drug-likeness (QED) is 0.842. The molecule has 1 aliphatic heterocycles. The van der Waals surface area contributed by atoms with Crippen LogP contribution in [0.3, 0.4) is 0 Å². The van der Waals surface area contributed by atoms with Crippen molar-refractivity contribution in [1.82, 2.24) is 5.48 Å². The summed E-state index contributed by atoms with van der Waals surface area (Å²) in [7, 11) is 0. The van der Waals surface area contributed by atoms with Crippen LogP contribution in [-0.2, 0) is 16.6 Å². The van der Waals surface area contributed by atoms with Crippen LogP contribution < -0.4 is 10.3 Å². The van der Waals surface area contributed by atoms with E-state index in [1.807, 2.05) is 6.07 Å². The van der Waals surface area contributed by atoms with Gasteiger partial charge in [-0.05, 0) is 24.5 Å². The molecule has 0 aliphatic carbocycles. The molecule has 0 radical (unpaired) electrons. The highest BCUT2D eigenvalue weighted by molar-refractivity contribution is 5.77. The van der Waals surface area contributed by atoms with Crippen molar-refractivity contribution in [2.24, 2.45) is 0 Å². The summed E-state index contributed by atoms with van der Waals surface area (Å²) in [4.78, 5) is 17.0. The highest BCUT2D eigenvalue weighted by Crippen LogP contribution is 2.36. The zero-order valence-corrected chi connectivity index (χ0v) is 12.1. The van der Waals surface area contributed by atoms with Crippen LogP contribution in [0.15, 0.2) is 18.2 Å². The molecule has 0 unspecified atom stereocenters. The fourth-order valence-corrected chi connectivity index (χ4v) is 2.57. The molecule has 3 nitrogen and oxygen atoms in total. The largest absolute Gasteiger partial charge is 0.379 e. The standard InChI is InChI=1S/C16H23NO2/c1-4-5-6-7-12-8-9-14-13(10-12)16(2,3)11-15(18)17-19-14/h8-10H,4-7,11H2,1-3H3,(H,17,18). The van der Waals surface area contributed by atoms with Crippen molar-refractivity contribution < 1.29 is 9.63 Å². The highest BCUT2D eigenvalue weighted by atomic mass is 16.7. The number of benzene rings is 1. The van der Waals surface area contributed by atoms with Gasteiger partial charge in [0, 0.05) is 17.4 Å². The molecule has 1 aromatic carbocycles. The summed E-state index contributed by atoms with van der Waals surface area (Å²) in [6, 6.07) is 6.28. The lowest BCUT2D eigenvalue weighted by Gasteiger charge is -2.23. The maximum Gasteiger partial charge on any atom is 0.253 e. The molecule has 0 bridgehead atoms. The Balaban J connectivity index is 2.24. The van der Waals surface area contributed by atoms with Crippen molar-refractivity contribution in [1.29, 1.82) is 0 Å². The third-order valence-electron chi connectivity index (χ3n) is 3.72. The topological polar surface area (TPSA) is 38.3 Å². The third-order valence-corrected chi connectivity index (χ3v) is 3.72. The Bertz CT molecular complexity index is 466. The van der Waals surface area contributed by atoms with Crippen LogP contribution in [0.4, 0.5) is 0 Å². The van der Waals surface area contributed by atoms with Gasteiger partial charge >= 0.3 is 0 Å². The molecule has 1 aromatic rings. The molecule has 1 amide bonds. The molecule has 3 heteroatoms. The van der Waals surface area contributed by atoms with E-state index < -0.39 is 0 Å². The molecule has 1 heterocycles. The first-order valence-electron chi connectivity index (χ1n) is 7.12. The molecule has 104 valence electrons. The summed E-state index contributed by atoms with van der Waals surface area (Å²) >= 11 is 0. The van der Waals surface area contributed by atoms with Crippen molar-refractivity contribution in [2.45, 2.75) is 58.3 Å². The molecular formula is C16H23NO2. The summed E-state index contributed by atoms with van der Waals surface area (Å²) in [6.07, 6.45) is 5.26. The van der Waals surface area contributed by atoms with E-state index >= 15 is 0 Å². The first-order valence-corrected chi connectivity index (χ1v) is 7.12. The number of rotatable bonds is 4. The Labute approximate surface area is 115 Å². The van der Waals surface area contributed by atoms with Crippen LogP contribution in [0.1, 0.15) is 57.6 Å². The minimum atomic E-state index is -0.184. The monoisotopic (exact) mass is 261 g/mol. The summed E-state index contributed by atoms with van der Waals surface area (Å²) < 4.78 is 0. The maximum absolute atomic E-state index is 11.6. The van der Waals surface area contributed by atoms with E-state index in [1.165, 1.54) is 24.8 Å². The number of hydrogen-bond acceptors (Lipinski definition) is 2. The second-order valence-corrected chi connectivity index (χ2v) is 5.98. The molecule has 0 fully saturated rings. The predicted octanol–water partition coefficient (Wildman–Crippen LogP) is 3.51. The van der Waals surface area contributed by atoms with Crippen molar-refractivity contribution in [3.8, 4) is 5.75 Å². The molecule has 1 aliphatic rings. The molecule has 0 saturated carbocycles. The van der Waals surface area contributed by atoms with Gasteiger partial charge in [0.05, 0.1) is 0 Å². The number of unbranched alkanes of at least 4 members (excludes halogenated alkanes) is 2. The third kappa shape index (κ3) is 3.28. The highest BCUT2D eigenvalue weighted by Gasteiger charge is 2.31. The Hall–Kier alpha value is -1.51. The van der Waals surface area contributed by atoms with Crippen LogP contribution in [-0.4, -0.2) is 5.91 Å². The second kappa shape index (κ2) is 5.64. The number of hydroxylamine groups is 1. The molecule has 2 rings (SSSR count). The first-order chi connectivity index (χ1) is 9.03. The maximum atomic E-state index is 11.6. The zero-order chi connectivity index (χ0) is 13.9. The number of nitrogens with one attached hydrogen (secondary N) is 1. The van der Waals surface area contributed by atoms with Gasteiger partial charge < -0.3 is 4.84 Å². The lowest BCUT2D eigenvalue weighted by atomic mass is 9.80. The fourth-order valence-electron chi connectivity index (χ4n) is 2.57. The smallest absolute Gasteiger partial charge is 0.253 e. The van der Waals surface area contributed by atoms with Crippen LogP contribution in [0.5, 0.6) is 5.75 Å². The molecule has 1 N–H and O–H groups in total. The van der Waals surface area contributed by atoms with E-state index in [0.29, 0.717) is 6.42 Å². The minimum absolute atomic E-state index is 0.0614. The number of carbonyl (C=O) groups excluding carboxylic acids is 1. The molecule has 0 spiro atoms. The van der Waals surface area contributed by atoms with Gasteiger partial charge in [0.1, 0.15) is 0 Å². The lowest BCUT2D eigenvalue weighted by Crippen LogP contribution is -2.28. The van der Waals surface area contributed by atoms with Crippen LogP contribution in [0.25, 0.3) is 0 Å². The van der Waals surface area contributed by atoms with Gasteiger partial charge in [0.15, 0.2) is 5.75 Å². The Morgan fingerprint density at radius 2 is 2.11 bits per heavy atom. The van der Waals surface area contributed by atoms with Crippen LogP contribution >= 0.6 is 0 Å². The second-order valence-electron chi connectivity index (χ2n) is 5.98. The van der Waals surface area contributed by atoms with Gasteiger partial charge in [-0.15, -0.1) is 0 Å². The zero-order valence-electron chi connectivity index (χ0n) is 12.1. The van der Waals surface area contributed by atoms with Crippen molar-refractivity contribution in [3.63, 3.8) is 0 Å². The Kier molecular flexibility index (Phi) is 4.13. The molecular weight excluding hydrogens is 238 g/mol. The molecule has 0 aromatic heterocycles. The van der Waals surface area contributed by atoms with E-state index in [2.05, 4.69) is 38.4 Å². The van der Waals surface area contributed by atoms with Gasteiger partial charge in [-0.3, -0.25) is 4.79 Å². The Morgan fingerprint density at radius 1 is 1.32 bits per heavy atom. The number of fused-ring (bicyclic) bond motifs is 1. The summed E-state index contributed by atoms with van der Waals surface area (Å²) in [5.41, 5.74) is 4.76. The van der Waals surface area contributed by atoms with E-state index in [1.54, 1.807) is 0 Å². The number of amides is 1. The van der Waals surface area contributed by atoms with Gasteiger partial charge in [0.2, 0.25) is 0 Å². The van der Waals surface area contributed by atoms with Gasteiger partial charge in [-0.2, -0.15) is 5.48 Å². The SMILES string of the molecule is CCCCCc1ccc2c(c1)C(C)(C)CC(=O)NO2. The molecule has 0 saturated heterocycles. The lowest BCUT2D eigenvalue weighted by molar-refractivity contribution is -0.127. The number of aryl methyl sites for hydroxylation is 1. The van der Waals surface area contributed by atoms with Crippen molar-refractivity contribution in [3.05, 3.63) is 29.3 Å². The van der Waals surface area contributed by atoms with Crippen molar-refractivity contribution in [2.75, 3.05) is 0 Å². The van der Waals surface area contributed by atoms with Gasteiger partial charge in [-0.25, -0.2) is 0 Å². The normalized spacial score (nSPS) is 17.1. The number of hydrogen-bond donors (Lipinski definition) is 1. The van der Waals surface area contributed by atoms with E-state index in [4.69, 9.17) is 4.84 Å². The summed E-state index contributed by atoms with van der Waals surface area (Å²) in [5, 5.41) is 0. The van der Waals surface area contributed by atoms with Crippen LogP contribution in [0, 0.1) is 0 Å². The van der Waals surface area contributed by atoms with E-state index in [9.17, 15) is 4.79 Å². The molecule has 19 heavy (non-hydrogen) atoms. The average molecular weight is 261 g/mol. The van der Waals surface area contributed by atoms with Gasteiger partial charge in [-0.1, -0.05) is 45.7 Å². The fraction of sp³-hybridized carbons (Fsp3) is 0.562. The average Bonchev–Trinajstić information content (AvgIpc) is 2.47. The Morgan fingerprint density at radius 3 is 2.84 bits per heavy atom. The van der Waals surface area contributed by atoms with Gasteiger partial charge in [0.25, 0.3) is 5.91 Å². The minimum Gasteiger partial charge on any atom is -0.379 e. The van der Waals surface area contributed by atoms with E-state index in [-0.39, 0.29) is 11.3 Å². The molecule has 0 atom stereocenters. The summed E-state index contributed by atoms with van der Waals surface area (Å²) in [6.45, 7) is 6.40. The van der Waals surface area contributed by atoms with E-state index in [0.717, 1.165) is 17.7 Å². The first kappa shape index (κ1) is 13.9. The van der Waals surface area contributed by atoms with Crippen LogP contribution in [0.2, 0.25) is 0 Å². The van der Waals surface area contributed by atoms with Crippen molar-refractivity contribution >= 4 is 5.91 Å². The summed E-state index contributed by atoms with van der Waals surface area (Å²) in [5.74, 6) is 0.712. The number of carbonyl (C=O) groups is 1.